The zero-order chi connectivity index (χ0) is 16.5. The van der Waals surface area contributed by atoms with E-state index in [9.17, 15) is 4.79 Å². The molecule has 1 aromatic heterocycles. The highest BCUT2D eigenvalue weighted by molar-refractivity contribution is 5.87. The van der Waals surface area contributed by atoms with E-state index in [4.69, 9.17) is 14.2 Å². The van der Waals surface area contributed by atoms with Gasteiger partial charge in [0.1, 0.15) is 6.61 Å². The molecule has 0 saturated carbocycles. The normalized spacial score (nSPS) is 10.5. The van der Waals surface area contributed by atoms with Crippen LogP contribution in [0.2, 0.25) is 0 Å². The zero-order valence-electron chi connectivity index (χ0n) is 13.2. The Hall–Kier alpha value is -2.82. The monoisotopic (exact) mass is 313 g/mol. The van der Waals surface area contributed by atoms with E-state index in [1.807, 2.05) is 18.2 Å². The number of pyridine rings is 1. The molecule has 1 heterocycles. The molecule has 120 valence electrons. The lowest BCUT2D eigenvalue weighted by Crippen LogP contribution is -1.99. The molecule has 1 aromatic carbocycles. The van der Waals surface area contributed by atoms with Crippen molar-refractivity contribution < 1.29 is 19.0 Å². The number of nitrogens with zero attached hydrogens (tertiary/aromatic N) is 1. The Morgan fingerprint density at radius 1 is 1.26 bits per heavy atom. The molecule has 23 heavy (non-hydrogen) atoms. The van der Waals surface area contributed by atoms with Gasteiger partial charge in [0, 0.05) is 24.0 Å². The van der Waals surface area contributed by atoms with Crippen LogP contribution in [0.3, 0.4) is 0 Å². The van der Waals surface area contributed by atoms with Crippen LogP contribution in [0.15, 0.2) is 48.8 Å². The number of rotatable bonds is 7. The Kier molecular flexibility index (Phi) is 6.17. The third-order valence-corrected chi connectivity index (χ3v) is 3.00. The predicted molar refractivity (Wildman–Crippen MR) is 87.2 cm³/mol. The van der Waals surface area contributed by atoms with Gasteiger partial charge in [-0.05, 0) is 36.8 Å². The molecule has 0 spiro atoms. The first-order valence-electron chi connectivity index (χ1n) is 7.27. The van der Waals surface area contributed by atoms with Crippen molar-refractivity contribution in [1.29, 1.82) is 0 Å². The first-order valence-corrected chi connectivity index (χ1v) is 7.27. The van der Waals surface area contributed by atoms with Gasteiger partial charge in [-0.1, -0.05) is 12.1 Å². The third kappa shape index (κ3) is 5.14. The van der Waals surface area contributed by atoms with E-state index in [1.165, 1.54) is 6.08 Å². The number of hydrogen-bond donors (Lipinski definition) is 0. The molecule has 0 N–H and O–H groups in total. The quantitative estimate of drug-likeness (QED) is 0.580. The van der Waals surface area contributed by atoms with E-state index in [-0.39, 0.29) is 5.97 Å². The summed E-state index contributed by atoms with van der Waals surface area (Å²) in [6, 6.07) is 9.25. The Labute approximate surface area is 135 Å². The maximum absolute atomic E-state index is 11.3. The van der Waals surface area contributed by atoms with Crippen LogP contribution in [0.1, 0.15) is 18.1 Å². The molecule has 0 aliphatic carbocycles. The highest BCUT2D eigenvalue weighted by Gasteiger charge is 2.06. The molecule has 0 unspecified atom stereocenters. The number of carbonyl (C=O) groups is 1. The standard InChI is InChI=1S/C18H19NO4/c1-3-22-18(20)9-7-14-6-8-16(17(11-14)21-2)23-13-15-5-4-10-19-12-15/h4-12H,3,13H2,1-2H3/b9-7+. The van der Waals surface area contributed by atoms with Gasteiger partial charge in [-0.2, -0.15) is 0 Å². The average molecular weight is 313 g/mol. The zero-order valence-corrected chi connectivity index (χ0v) is 13.2. The lowest BCUT2D eigenvalue weighted by atomic mass is 10.2. The average Bonchev–Trinajstić information content (AvgIpc) is 2.59. The Morgan fingerprint density at radius 3 is 2.83 bits per heavy atom. The summed E-state index contributed by atoms with van der Waals surface area (Å²) in [7, 11) is 1.57. The summed E-state index contributed by atoms with van der Waals surface area (Å²) in [5.41, 5.74) is 1.80. The number of ether oxygens (including phenoxy) is 3. The van der Waals surface area contributed by atoms with Gasteiger partial charge in [0.25, 0.3) is 0 Å². The summed E-state index contributed by atoms with van der Waals surface area (Å²) >= 11 is 0. The Bertz CT molecular complexity index is 668. The minimum absolute atomic E-state index is 0.355. The fourth-order valence-corrected chi connectivity index (χ4v) is 1.91. The van der Waals surface area contributed by atoms with Gasteiger partial charge in [-0.25, -0.2) is 4.79 Å². The topological polar surface area (TPSA) is 57.7 Å². The van der Waals surface area contributed by atoms with Crippen LogP contribution in [0.5, 0.6) is 11.5 Å². The summed E-state index contributed by atoms with van der Waals surface area (Å²) < 4.78 is 15.9. The van der Waals surface area contributed by atoms with Crippen molar-refractivity contribution in [3.8, 4) is 11.5 Å². The van der Waals surface area contributed by atoms with Gasteiger partial charge in [0.2, 0.25) is 0 Å². The molecule has 5 heteroatoms. The fraction of sp³-hybridized carbons (Fsp3) is 0.222. The van der Waals surface area contributed by atoms with Crippen LogP contribution in [0.25, 0.3) is 6.08 Å². The molecular formula is C18H19NO4. The van der Waals surface area contributed by atoms with Crippen molar-refractivity contribution in [2.24, 2.45) is 0 Å². The minimum Gasteiger partial charge on any atom is -0.493 e. The second kappa shape index (κ2) is 8.58. The first-order chi connectivity index (χ1) is 11.2. The van der Waals surface area contributed by atoms with Crippen molar-refractivity contribution in [2.45, 2.75) is 13.5 Å². The molecule has 0 amide bonds. The van der Waals surface area contributed by atoms with Gasteiger partial charge >= 0.3 is 5.97 Å². The van der Waals surface area contributed by atoms with Crippen LogP contribution >= 0.6 is 0 Å². The van der Waals surface area contributed by atoms with Crippen molar-refractivity contribution in [2.75, 3.05) is 13.7 Å². The highest BCUT2D eigenvalue weighted by atomic mass is 16.5. The number of esters is 1. The molecule has 0 radical (unpaired) electrons. The highest BCUT2D eigenvalue weighted by Crippen LogP contribution is 2.29. The van der Waals surface area contributed by atoms with Crippen LogP contribution in [0, 0.1) is 0 Å². The molecule has 0 fully saturated rings. The van der Waals surface area contributed by atoms with Crippen LogP contribution in [-0.2, 0) is 16.1 Å². The molecular weight excluding hydrogens is 294 g/mol. The predicted octanol–water partition coefficient (Wildman–Crippen LogP) is 3.25. The lowest BCUT2D eigenvalue weighted by Gasteiger charge is -2.11. The Balaban J connectivity index is 2.05. The molecule has 0 saturated heterocycles. The Morgan fingerprint density at radius 2 is 2.13 bits per heavy atom. The van der Waals surface area contributed by atoms with E-state index < -0.39 is 0 Å². The largest absolute Gasteiger partial charge is 0.493 e. The van der Waals surface area contributed by atoms with Gasteiger partial charge in [-0.3, -0.25) is 4.98 Å². The van der Waals surface area contributed by atoms with Crippen molar-refractivity contribution in [3.05, 3.63) is 59.9 Å². The maximum Gasteiger partial charge on any atom is 0.330 e. The lowest BCUT2D eigenvalue weighted by molar-refractivity contribution is -0.137. The van der Waals surface area contributed by atoms with E-state index in [2.05, 4.69) is 4.98 Å². The summed E-state index contributed by atoms with van der Waals surface area (Å²) in [4.78, 5) is 15.4. The SMILES string of the molecule is CCOC(=O)/C=C/c1ccc(OCc2cccnc2)c(OC)c1. The molecule has 5 nitrogen and oxygen atoms in total. The second-order valence-corrected chi connectivity index (χ2v) is 4.65. The molecule has 0 aliphatic heterocycles. The number of aromatic nitrogens is 1. The van der Waals surface area contributed by atoms with Crippen molar-refractivity contribution in [1.82, 2.24) is 4.98 Å². The smallest absolute Gasteiger partial charge is 0.330 e. The van der Waals surface area contributed by atoms with Gasteiger partial charge in [0.15, 0.2) is 11.5 Å². The van der Waals surface area contributed by atoms with Crippen LogP contribution in [-0.4, -0.2) is 24.7 Å². The molecule has 0 atom stereocenters. The van der Waals surface area contributed by atoms with Crippen molar-refractivity contribution >= 4 is 12.0 Å². The summed E-state index contributed by atoms with van der Waals surface area (Å²) in [5, 5.41) is 0. The second-order valence-electron chi connectivity index (χ2n) is 4.65. The molecule has 0 bridgehead atoms. The minimum atomic E-state index is -0.372. The van der Waals surface area contributed by atoms with E-state index in [0.29, 0.717) is 24.7 Å². The summed E-state index contributed by atoms with van der Waals surface area (Å²) in [6.45, 7) is 2.53. The van der Waals surface area contributed by atoms with Crippen LogP contribution in [0.4, 0.5) is 0 Å². The van der Waals surface area contributed by atoms with Crippen LogP contribution < -0.4 is 9.47 Å². The third-order valence-electron chi connectivity index (χ3n) is 3.00. The number of carbonyl (C=O) groups excluding carboxylic acids is 1. The van der Waals surface area contributed by atoms with E-state index in [0.717, 1.165) is 11.1 Å². The number of hydrogen-bond acceptors (Lipinski definition) is 5. The summed E-state index contributed by atoms with van der Waals surface area (Å²) in [5.74, 6) is 0.855. The van der Waals surface area contributed by atoms with Gasteiger partial charge in [0.05, 0.1) is 13.7 Å². The maximum atomic E-state index is 11.3. The van der Waals surface area contributed by atoms with Crippen molar-refractivity contribution in [3.63, 3.8) is 0 Å². The van der Waals surface area contributed by atoms with Gasteiger partial charge < -0.3 is 14.2 Å². The van der Waals surface area contributed by atoms with Gasteiger partial charge in [-0.15, -0.1) is 0 Å². The number of benzene rings is 1. The fourth-order valence-electron chi connectivity index (χ4n) is 1.91. The summed E-state index contributed by atoms with van der Waals surface area (Å²) in [6.07, 6.45) is 6.53. The molecule has 0 aliphatic rings. The van der Waals surface area contributed by atoms with E-state index >= 15 is 0 Å². The number of methoxy groups -OCH3 is 1. The molecule has 2 rings (SSSR count). The first kappa shape index (κ1) is 16.5. The van der Waals surface area contributed by atoms with E-state index in [1.54, 1.807) is 44.6 Å². The molecule has 2 aromatic rings.